The van der Waals surface area contributed by atoms with Crippen LogP contribution in [-0.4, -0.2) is 33.9 Å². The van der Waals surface area contributed by atoms with E-state index < -0.39 is 0 Å². The number of rotatable bonds is 8. The van der Waals surface area contributed by atoms with Crippen molar-refractivity contribution in [2.24, 2.45) is 5.92 Å². The van der Waals surface area contributed by atoms with Crippen molar-refractivity contribution in [2.75, 3.05) is 28.1 Å². The predicted octanol–water partition coefficient (Wildman–Crippen LogP) is 3.89. The first kappa shape index (κ1) is 18.9. The zero-order valence-corrected chi connectivity index (χ0v) is 16.0. The Balaban J connectivity index is 1.70. The fourth-order valence-corrected chi connectivity index (χ4v) is 3.13. The lowest BCUT2D eigenvalue weighted by Gasteiger charge is -2.15. The molecule has 0 aromatic heterocycles. The van der Waals surface area contributed by atoms with Crippen molar-refractivity contribution < 1.29 is 28.5 Å². The molecule has 6 heteroatoms. The van der Waals surface area contributed by atoms with Crippen molar-refractivity contribution in [2.45, 2.75) is 19.8 Å². The molecule has 0 saturated heterocycles. The Bertz CT molecular complexity index is 804. The fourth-order valence-electron chi connectivity index (χ4n) is 3.13. The minimum atomic E-state index is -0.135. The van der Waals surface area contributed by atoms with Gasteiger partial charge in [-0.1, -0.05) is 6.92 Å². The molecule has 1 atom stereocenters. The summed E-state index contributed by atoms with van der Waals surface area (Å²) in [6, 6.07) is 9.14. The van der Waals surface area contributed by atoms with Gasteiger partial charge in [0.05, 0.1) is 21.3 Å². The van der Waals surface area contributed by atoms with Crippen molar-refractivity contribution in [3.05, 3.63) is 41.5 Å². The summed E-state index contributed by atoms with van der Waals surface area (Å²) < 4.78 is 26.8. The molecule has 144 valence electrons. The first-order valence-electron chi connectivity index (χ1n) is 8.80. The van der Waals surface area contributed by atoms with Crippen molar-refractivity contribution in [3.8, 4) is 28.7 Å². The van der Waals surface area contributed by atoms with Crippen molar-refractivity contribution in [3.63, 3.8) is 0 Å². The molecule has 2 aromatic rings. The third-order valence-electron chi connectivity index (χ3n) is 4.70. The fraction of sp³-hybridized carbons (Fsp3) is 0.381. The summed E-state index contributed by atoms with van der Waals surface area (Å²) in [6.45, 7) is 2.13. The first-order chi connectivity index (χ1) is 13.1. The van der Waals surface area contributed by atoms with Gasteiger partial charge in [0, 0.05) is 11.5 Å². The first-order valence-corrected chi connectivity index (χ1v) is 8.80. The van der Waals surface area contributed by atoms with Crippen molar-refractivity contribution in [1.29, 1.82) is 0 Å². The molecule has 1 aliphatic heterocycles. The van der Waals surface area contributed by atoms with E-state index in [-0.39, 0.29) is 18.5 Å². The molecule has 27 heavy (non-hydrogen) atoms. The largest absolute Gasteiger partial charge is 0.493 e. The normalized spacial score (nSPS) is 13.2. The van der Waals surface area contributed by atoms with Gasteiger partial charge in [-0.15, -0.1) is 0 Å². The second-order valence-corrected chi connectivity index (χ2v) is 6.41. The maximum atomic E-state index is 12.7. The maximum absolute atomic E-state index is 12.7. The quantitative estimate of drug-likeness (QED) is 0.655. The SMILES string of the molecule is COc1cc(CCC(C)C(=O)c2ccc3c(c2)OCO3)cc(OC)c1OC. The molecular formula is C21H24O6. The third-order valence-corrected chi connectivity index (χ3v) is 4.70. The minimum Gasteiger partial charge on any atom is -0.493 e. The zero-order chi connectivity index (χ0) is 19.4. The van der Waals surface area contributed by atoms with Crippen LogP contribution in [0.2, 0.25) is 0 Å². The number of methoxy groups -OCH3 is 3. The molecule has 0 aliphatic carbocycles. The average Bonchev–Trinajstić information content (AvgIpc) is 3.18. The van der Waals surface area contributed by atoms with Crippen LogP contribution in [0.25, 0.3) is 0 Å². The molecule has 3 rings (SSSR count). The number of benzene rings is 2. The Kier molecular flexibility index (Phi) is 5.74. The number of Topliss-reactive ketones (excluding diaryl/α,β-unsaturated/α-hetero) is 1. The van der Waals surface area contributed by atoms with Crippen LogP contribution >= 0.6 is 0 Å². The van der Waals surface area contributed by atoms with E-state index in [1.165, 1.54) is 0 Å². The summed E-state index contributed by atoms with van der Waals surface area (Å²) in [7, 11) is 4.76. The molecule has 2 aromatic carbocycles. The van der Waals surface area contributed by atoms with Gasteiger partial charge < -0.3 is 23.7 Å². The van der Waals surface area contributed by atoms with Gasteiger partial charge in [0.1, 0.15) is 0 Å². The van der Waals surface area contributed by atoms with Crippen molar-refractivity contribution >= 4 is 5.78 Å². The Morgan fingerprint density at radius 3 is 2.30 bits per heavy atom. The predicted molar refractivity (Wildman–Crippen MR) is 100 cm³/mol. The van der Waals surface area contributed by atoms with E-state index in [0.29, 0.717) is 47.2 Å². The molecule has 6 nitrogen and oxygen atoms in total. The minimum absolute atomic E-state index is 0.0840. The molecule has 0 amide bonds. The van der Waals surface area contributed by atoms with E-state index in [1.807, 2.05) is 19.1 Å². The molecule has 0 saturated carbocycles. The van der Waals surface area contributed by atoms with E-state index in [4.69, 9.17) is 23.7 Å². The second kappa shape index (κ2) is 8.20. The van der Waals surface area contributed by atoms with Gasteiger partial charge in [-0.3, -0.25) is 4.79 Å². The third kappa shape index (κ3) is 3.94. The van der Waals surface area contributed by atoms with Crippen LogP contribution in [0.15, 0.2) is 30.3 Å². The number of ketones is 1. The number of ether oxygens (including phenoxy) is 5. The van der Waals surface area contributed by atoms with E-state index in [1.54, 1.807) is 39.5 Å². The Hall–Kier alpha value is -2.89. The lowest BCUT2D eigenvalue weighted by atomic mass is 9.93. The summed E-state index contributed by atoms with van der Waals surface area (Å²) in [5.74, 6) is 3.04. The van der Waals surface area contributed by atoms with Gasteiger partial charge >= 0.3 is 0 Å². The molecule has 0 N–H and O–H groups in total. The van der Waals surface area contributed by atoms with Crippen molar-refractivity contribution in [1.82, 2.24) is 0 Å². The van der Waals surface area contributed by atoms with E-state index in [9.17, 15) is 4.79 Å². The van der Waals surface area contributed by atoms with Gasteiger partial charge in [-0.05, 0) is 48.7 Å². The highest BCUT2D eigenvalue weighted by atomic mass is 16.7. The van der Waals surface area contributed by atoms with Crippen LogP contribution in [0.4, 0.5) is 0 Å². The number of carbonyl (C=O) groups is 1. The Morgan fingerprint density at radius 1 is 1.00 bits per heavy atom. The molecule has 0 fully saturated rings. The van der Waals surface area contributed by atoms with Gasteiger partial charge in [-0.25, -0.2) is 0 Å². The highest BCUT2D eigenvalue weighted by Crippen LogP contribution is 2.39. The summed E-state index contributed by atoms with van der Waals surface area (Å²) in [5, 5.41) is 0. The molecule has 1 unspecified atom stereocenters. The monoisotopic (exact) mass is 372 g/mol. The highest BCUT2D eigenvalue weighted by molar-refractivity contribution is 5.98. The molecule has 0 spiro atoms. The Morgan fingerprint density at radius 2 is 1.67 bits per heavy atom. The molecule has 0 bridgehead atoms. The number of hydrogen-bond acceptors (Lipinski definition) is 6. The van der Waals surface area contributed by atoms with Gasteiger partial charge in [-0.2, -0.15) is 0 Å². The Labute approximate surface area is 158 Å². The number of carbonyl (C=O) groups excluding carboxylic acids is 1. The van der Waals surface area contributed by atoms with Crippen LogP contribution in [0.5, 0.6) is 28.7 Å². The average molecular weight is 372 g/mol. The summed E-state index contributed by atoms with van der Waals surface area (Å²) in [6.07, 6.45) is 1.42. The number of fused-ring (bicyclic) bond motifs is 1. The van der Waals surface area contributed by atoms with Gasteiger partial charge in [0.2, 0.25) is 12.5 Å². The molecule has 1 aliphatic rings. The lowest BCUT2D eigenvalue weighted by molar-refractivity contribution is 0.0924. The van der Waals surface area contributed by atoms with E-state index >= 15 is 0 Å². The lowest BCUT2D eigenvalue weighted by Crippen LogP contribution is -2.12. The van der Waals surface area contributed by atoms with Gasteiger partial charge in [0.25, 0.3) is 0 Å². The van der Waals surface area contributed by atoms with E-state index in [2.05, 4.69) is 0 Å². The van der Waals surface area contributed by atoms with Crippen LogP contribution in [-0.2, 0) is 6.42 Å². The summed E-state index contributed by atoms with van der Waals surface area (Å²) >= 11 is 0. The topological polar surface area (TPSA) is 63.2 Å². The highest BCUT2D eigenvalue weighted by Gasteiger charge is 2.20. The maximum Gasteiger partial charge on any atom is 0.231 e. The zero-order valence-electron chi connectivity index (χ0n) is 16.0. The molecule has 0 radical (unpaired) electrons. The smallest absolute Gasteiger partial charge is 0.231 e. The number of aryl methyl sites for hydroxylation is 1. The van der Waals surface area contributed by atoms with Crippen LogP contribution in [0, 0.1) is 5.92 Å². The summed E-state index contributed by atoms with van der Waals surface area (Å²) in [5.41, 5.74) is 1.66. The van der Waals surface area contributed by atoms with Crippen LogP contribution in [0.3, 0.4) is 0 Å². The number of hydrogen-bond donors (Lipinski definition) is 0. The van der Waals surface area contributed by atoms with Gasteiger partial charge in [0.15, 0.2) is 28.8 Å². The standard InChI is InChI=1S/C21H24O6/c1-13(20(22)15-7-8-16-17(11-15)27-12-26-16)5-6-14-9-18(23-2)21(25-4)19(10-14)24-3/h7-11,13H,5-6,12H2,1-4H3. The molecular weight excluding hydrogens is 348 g/mol. The van der Waals surface area contributed by atoms with E-state index in [0.717, 1.165) is 5.56 Å². The van der Waals surface area contributed by atoms with Crippen LogP contribution < -0.4 is 23.7 Å². The second-order valence-electron chi connectivity index (χ2n) is 6.41. The van der Waals surface area contributed by atoms with Crippen LogP contribution in [0.1, 0.15) is 29.3 Å². The summed E-state index contributed by atoms with van der Waals surface area (Å²) in [4.78, 5) is 12.7. The molecule has 1 heterocycles.